The van der Waals surface area contributed by atoms with Crippen molar-refractivity contribution >= 4 is 10.0 Å². The molecule has 0 bridgehead atoms. The Labute approximate surface area is 111 Å². The fourth-order valence-electron chi connectivity index (χ4n) is 2.29. The lowest BCUT2D eigenvalue weighted by atomic mass is 9.98. The molecule has 2 atom stereocenters. The summed E-state index contributed by atoms with van der Waals surface area (Å²) in [5.41, 5.74) is 0. The molecule has 0 aromatic rings. The number of rotatable bonds is 7. The molecule has 1 rings (SSSR count). The fraction of sp³-hybridized carbons (Fsp3) is 1.00. The molecule has 0 aromatic heterocycles. The van der Waals surface area contributed by atoms with Crippen LogP contribution in [0.5, 0.6) is 0 Å². The molecular weight excluding hydrogens is 252 g/mol. The normalized spacial score (nSPS) is 24.1. The molecule has 0 aliphatic carbocycles. The highest BCUT2D eigenvalue weighted by Gasteiger charge is 2.21. The first-order chi connectivity index (χ1) is 8.46. The summed E-state index contributed by atoms with van der Waals surface area (Å²) in [5, 5.41) is 0. The van der Waals surface area contributed by atoms with Gasteiger partial charge in [0.2, 0.25) is 10.0 Å². The SMILES string of the molecule is CCN1CCC[C@H](CNS(=O)(=O)C[C@H](C)OC)C1. The van der Waals surface area contributed by atoms with Gasteiger partial charge in [-0.15, -0.1) is 0 Å². The van der Waals surface area contributed by atoms with Crippen LogP contribution in [-0.4, -0.2) is 58.5 Å². The molecule has 0 saturated carbocycles. The minimum Gasteiger partial charge on any atom is -0.381 e. The number of piperidine rings is 1. The van der Waals surface area contributed by atoms with Crippen LogP contribution in [-0.2, 0) is 14.8 Å². The number of methoxy groups -OCH3 is 1. The predicted octanol–water partition coefficient (Wildman–Crippen LogP) is 0.673. The lowest BCUT2D eigenvalue weighted by molar-refractivity contribution is 0.136. The molecule has 0 spiro atoms. The Morgan fingerprint density at radius 2 is 2.22 bits per heavy atom. The van der Waals surface area contributed by atoms with Gasteiger partial charge in [-0.2, -0.15) is 0 Å². The Bertz CT molecular complexity index is 332. The monoisotopic (exact) mass is 278 g/mol. The molecule has 0 unspecified atom stereocenters. The molecule has 0 aromatic carbocycles. The van der Waals surface area contributed by atoms with Crippen molar-refractivity contribution in [3.8, 4) is 0 Å². The van der Waals surface area contributed by atoms with E-state index in [1.54, 1.807) is 6.92 Å². The van der Waals surface area contributed by atoms with Crippen molar-refractivity contribution in [2.45, 2.75) is 32.8 Å². The molecule has 1 N–H and O–H groups in total. The molecule has 0 radical (unpaired) electrons. The predicted molar refractivity (Wildman–Crippen MR) is 73.1 cm³/mol. The maximum Gasteiger partial charge on any atom is 0.214 e. The summed E-state index contributed by atoms with van der Waals surface area (Å²) in [4.78, 5) is 2.38. The minimum absolute atomic E-state index is 0.0354. The standard InChI is InChI=1S/C12H26N2O3S/c1-4-14-7-5-6-12(9-14)8-13-18(15,16)10-11(2)17-3/h11-13H,4-10H2,1-3H3/t11-,12+/m0/s1. The first kappa shape index (κ1) is 15.9. The van der Waals surface area contributed by atoms with Crippen molar-refractivity contribution in [2.75, 3.05) is 39.0 Å². The minimum atomic E-state index is -3.21. The van der Waals surface area contributed by atoms with E-state index in [1.807, 2.05) is 0 Å². The first-order valence-corrected chi connectivity index (χ1v) is 8.34. The summed E-state index contributed by atoms with van der Waals surface area (Å²) in [6.07, 6.45) is 2.01. The van der Waals surface area contributed by atoms with Gasteiger partial charge in [0.1, 0.15) is 0 Å². The zero-order valence-electron chi connectivity index (χ0n) is 11.7. The molecule has 1 aliphatic heterocycles. The summed E-state index contributed by atoms with van der Waals surface area (Å²) >= 11 is 0. The van der Waals surface area contributed by atoms with Crippen molar-refractivity contribution in [1.82, 2.24) is 9.62 Å². The van der Waals surface area contributed by atoms with Crippen LogP contribution in [0.1, 0.15) is 26.7 Å². The van der Waals surface area contributed by atoms with E-state index >= 15 is 0 Å². The van der Waals surface area contributed by atoms with Crippen LogP contribution in [0, 0.1) is 5.92 Å². The van der Waals surface area contributed by atoms with Gasteiger partial charge < -0.3 is 9.64 Å². The van der Waals surface area contributed by atoms with Gasteiger partial charge in [0, 0.05) is 20.2 Å². The van der Waals surface area contributed by atoms with Crippen LogP contribution in [0.25, 0.3) is 0 Å². The van der Waals surface area contributed by atoms with Crippen molar-refractivity contribution in [2.24, 2.45) is 5.92 Å². The Balaban J connectivity index is 2.35. The second kappa shape index (κ2) is 7.43. The van der Waals surface area contributed by atoms with Crippen LogP contribution < -0.4 is 4.72 Å². The van der Waals surface area contributed by atoms with Gasteiger partial charge in [-0.05, 0) is 38.8 Å². The zero-order chi connectivity index (χ0) is 13.6. The molecule has 1 saturated heterocycles. The highest BCUT2D eigenvalue weighted by Crippen LogP contribution is 2.15. The molecule has 0 amide bonds. The second-order valence-corrected chi connectivity index (χ2v) is 6.93. The second-order valence-electron chi connectivity index (χ2n) is 5.08. The molecule has 18 heavy (non-hydrogen) atoms. The van der Waals surface area contributed by atoms with Gasteiger partial charge in [0.15, 0.2) is 0 Å². The molecule has 1 aliphatic rings. The van der Waals surface area contributed by atoms with E-state index in [0.29, 0.717) is 12.5 Å². The topological polar surface area (TPSA) is 58.6 Å². The van der Waals surface area contributed by atoms with E-state index in [-0.39, 0.29) is 11.9 Å². The molecule has 1 heterocycles. The van der Waals surface area contributed by atoms with E-state index in [2.05, 4.69) is 16.5 Å². The van der Waals surface area contributed by atoms with Gasteiger partial charge in [0.25, 0.3) is 0 Å². The van der Waals surface area contributed by atoms with Crippen LogP contribution in [0.4, 0.5) is 0 Å². The third-order valence-corrected chi connectivity index (χ3v) is 5.01. The smallest absolute Gasteiger partial charge is 0.214 e. The zero-order valence-corrected chi connectivity index (χ0v) is 12.5. The maximum absolute atomic E-state index is 11.8. The van der Waals surface area contributed by atoms with Crippen molar-refractivity contribution in [3.05, 3.63) is 0 Å². The van der Waals surface area contributed by atoms with Crippen molar-refractivity contribution < 1.29 is 13.2 Å². The molecule has 6 heteroatoms. The number of ether oxygens (including phenoxy) is 1. The van der Waals surface area contributed by atoms with Gasteiger partial charge in [-0.1, -0.05) is 6.92 Å². The van der Waals surface area contributed by atoms with E-state index in [4.69, 9.17) is 4.74 Å². The van der Waals surface area contributed by atoms with E-state index in [1.165, 1.54) is 7.11 Å². The molecule has 1 fully saturated rings. The van der Waals surface area contributed by atoms with Crippen LogP contribution in [0.15, 0.2) is 0 Å². The molecule has 108 valence electrons. The lowest BCUT2D eigenvalue weighted by Gasteiger charge is -2.31. The van der Waals surface area contributed by atoms with Gasteiger partial charge in [0.05, 0.1) is 11.9 Å². The number of hydrogen-bond donors (Lipinski definition) is 1. The first-order valence-electron chi connectivity index (χ1n) is 6.69. The summed E-state index contributed by atoms with van der Waals surface area (Å²) in [6, 6.07) is 0. The van der Waals surface area contributed by atoms with Crippen molar-refractivity contribution in [1.29, 1.82) is 0 Å². The van der Waals surface area contributed by atoms with Crippen LogP contribution in [0.3, 0.4) is 0 Å². The highest BCUT2D eigenvalue weighted by molar-refractivity contribution is 7.89. The van der Waals surface area contributed by atoms with Gasteiger partial charge >= 0.3 is 0 Å². The lowest BCUT2D eigenvalue weighted by Crippen LogP contribution is -2.42. The Hall–Kier alpha value is -0.170. The summed E-state index contributed by atoms with van der Waals surface area (Å²) < 4.78 is 31.3. The highest BCUT2D eigenvalue weighted by atomic mass is 32.2. The van der Waals surface area contributed by atoms with Crippen LogP contribution >= 0.6 is 0 Å². The summed E-state index contributed by atoms with van der Waals surface area (Å²) in [7, 11) is -1.68. The average Bonchev–Trinajstić information content (AvgIpc) is 2.36. The number of likely N-dealkylation sites (tertiary alicyclic amines) is 1. The Morgan fingerprint density at radius 3 is 2.83 bits per heavy atom. The van der Waals surface area contributed by atoms with Gasteiger partial charge in [-0.25, -0.2) is 13.1 Å². The van der Waals surface area contributed by atoms with Crippen LogP contribution in [0.2, 0.25) is 0 Å². The van der Waals surface area contributed by atoms with E-state index in [0.717, 1.165) is 32.5 Å². The number of nitrogens with zero attached hydrogens (tertiary/aromatic N) is 1. The number of hydrogen-bond acceptors (Lipinski definition) is 4. The largest absolute Gasteiger partial charge is 0.381 e. The maximum atomic E-state index is 11.8. The quantitative estimate of drug-likeness (QED) is 0.744. The average molecular weight is 278 g/mol. The summed E-state index contributed by atoms with van der Waals surface area (Å²) in [6.45, 7) is 7.64. The Kier molecular flexibility index (Phi) is 6.55. The third-order valence-electron chi connectivity index (χ3n) is 3.50. The molecule has 5 nitrogen and oxygen atoms in total. The number of nitrogens with one attached hydrogen (secondary N) is 1. The van der Waals surface area contributed by atoms with Crippen molar-refractivity contribution in [3.63, 3.8) is 0 Å². The van der Waals surface area contributed by atoms with E-state index < -0.39 is 10.0 Å². The Morgan fingerprint density at radius 1 is 1.50 bits per heavy atom. The fourth-order valence-corrected chi connectivity index (χ4v) is 3.65. The number of sulfonamides is 1. The molecular formula is C12H26N2O3S. The summed E-state index contributed by atoms with van der Waals surface area (Å²) in [5.74, 6) is 0.472. The third kappa shape index (κ3) is 5.65. The van der Waals surface area contributed by atoms with Gasteiger partial charge in [-0.3, -0.25) is 0 Å². The van der Waals surface area contributed by atoms with E-state index in [9.17, 15) is 8.42 Å².